The standard InChI is InChI=1S/C23H38FN5O.HI/c1-4-25-23(29-10-9-20(17-29)18-30-6-3)26-16-19-7-8-22(21(24)15-19)28-13-11-27(5-2)12-14-28;/h7-8,15,20H,4-6,9-14,16-18H2,1-3H3,(H,25,26);1H. The molecule has 0 aromatic heterocycles. The Bertz CT molecular complexity index is 697. The van der Waals surface area contributed by atoms with Crippen LogP contribution in [-0.2, 0) is 11.3 Å². The zero-order valence-electron chi connectivity index (χ0n) is 19.3. The SMILES string of the molecule is CCNC(=NCc1ccc(N2CCN(CC)CC2)c(F)c1)N1CCC(COCC)C1.I. The monoisotopic (exact) mass is 547 g/mol. The summed E-state index contributed by atoms with van der Waals surface area (Å²) in [5.74, 6) is 1.32. The Kier molecular flexibility index (Phi) is 11.3. The topological polar surface area (TPSA) is 43.3 Å². The van der Waals surface area contributed by atoms with E-state index >= 15 is 0 Å². The van der Waals surface area contributed by atoms with Gasteiger partial charge in [-0.2, -0.15) is 0 Å². The van der Waals surface area contributed by atoms with Gasteiger partial charge in [-0.15, -0.1) is 24.0 Å². The Morgan fingerprint density at radius 1 is 1.16 bits per heavy atom. The molecule has 0 amide bonds. The number of benzene rings is 1. The molecule has 1 aromatic rings. The Balaban J connectivity index is 0.00000341. The molecule has 31 heavy (non-hydrogen) atoms. The molecule has 1 unspecified atom stereocenters. The number of likely N-dealkylation sites (tertiary alicyclic amines) is 1. The number of hydrogen-bond donors (Lipinski definition) is 1. The number of likely N-dealkylation sites (N-methyl/N-ethyl adjacent to an activating group) is 1. The van der Waals surface area contributed by atoms with E-state index in [4.69, 9.17) is 9.73 Å². The van der Waals surface area contributed by atoms with E-state index in [9.17, 15) is 4.39 Å². The third-order valence-corrected chi connectivity index (χ3v) is 6.06. The lowest BCUT2D eigenvalue weighted by Gasteiger charge is -2.35. The first-order valence-corrected chi connectivity index (χ1v) is 11.5. The van der Waals surface area contributed by atoms with Gasteiger partial charge < -0.3 is 24.8 Å². The van der Waals surface area contributed by atoms with Crippen LogP contribution < -0.4 is 10.2 Å². The summed E-state index contributed by atoms with van der Waals surface area (Å²) < 4.78 is 20.4. The van der Waals surface area contributed by atoms with Crippen molar-refractivity contribution in [2.75, 3.05) is 70.5 Å². The van der Waals surface area contributed by atoms with Crippen molar-refractivity contribution in [3.05, 3.63) is 29.6 Å². The van der Waals surface area contributed by atoms with Crippen LogP contribution in [0.25, 0.3) is 0 Å². The smallest absolute Gasteiger partial charge is 0.194 e. The first-order valence-electron chi connectivity index (χ1n) is 11.5. The highest BCUT2D eigenvalue weighted by Crippen LogP contribution is 2.23. The third kappa shape index (κ3) is 7.46. The molecule has 2 aliphatic heterocycles. The molecule has 1 N–H and O–H groups in total. The van der Waals surface area contributed by atoms with Crippen LogP contribution in [-0.4, -0.2) is 81.3 Å². The summed E-state index contributed by atoms with van der Waals surface area (Å²) in [4.78, 5) is 11.6. The molecular weight excluding hydrogens is 508 g/mol. The molecule has 0 radical (unpaired) electrons. The van der Waals surface area contributed by atoms with Crippen molar-refractivity contribution >= 4 is 35.6 Å². The highest BCUT2D eigenvalue weighted by molar-refractivity contribution is 14.0. The summed E-state index contributed by atoms with van der Waals surface area (Å²) in [5, 5.41) is 3.39. The fraction of sp³-hybridized carbons (Fsp3) is 0.696. The fourth-order valence-corrected chi connectivity index (χ4v) is 4.25. The first-order chi connectivity index (χ1) is 14.6. The highest BCUT2D eigenvalue weighted by atomic mass is 127. The number of anilines is 1. The van der Waals surface area contributed by atoms with Crippen LogP contribution in [0.15, 0.2) is 23.2 Å². The minimum atomic E-state index is -0.143. The zero-order chi connectivity index (χ0) is 21.3. The average molecular weight is 548 g/mol. The summed E-state index contributed by atoms with van der Waals surface area (Å²) in [6, 6.07) is 5.58. The maximum absolute atomic E-state index is 14.8. The third-order valence-electron chi connectivity index (χ3n) is 6.06. The minimum absolute atomic E-state index is 0. The number of halogens is 2. The molecule has 2 saturated heterocycles. The maximum atomic E-state index is 14.8. The van der Waals surface area contributed by atoms with Gasteiger partial charge in [0.2, 0.25) is 0 Å². The fourth-order valence-electron chi connectivity index (χ4n) is 4.25. The predicted molar refractivity (Wildman–Crippen MR) is 137 cm³/mol. The van der Waals surface area contributed by atoms with Crippen LogP contribution in [0.2, 0.25) is 0 Å². The van der Waals surface area contributed by atoms with Crippen molar-refractivity contribution in [1.82, 2.24) is 15.1 Å². The van der Waals surface area contributed by atoms with Crippen LogP contribution in [0.3, 0.4) is 0 Å². The minimum Gasteiger partial charge on any atom is -0.381 e. The highest BCUT2D eigenvalue weighted by Gasteiger charge is 2.25. The number of hydrogen-bond acceptors (Lipinski definition) is 4. The molecule has 2 fully saturated rings. The van der Waals surface area contributed by atoms with Crippen molar-refractivity contribution in [2.45, 2.75) is 33.7 Å². The van der Waals surface area contributed by atoms with E-state index in [0.717, 1.165) is 83.5 Å². The molecule has 2 aliphatic rings. The van der Waals surface area contributed by atoms with Crippen molar-refractivity contribution in [3.8, 4) is 0 Å². The van der Waals surface area contributed by atoms with Gasteiger partial charge in [-0.3, -0.25) is 0 Å². The predicted octanol–water partition coefficient (Wildman–Crippen LogP) is 3.41. The number of nitrogens with zero attached hydrogens (tertiary/aromatic N) is 4. The summed E-state index contributed by atoms with van der Waals surface area (Å²) in [6.07, 6.45) is 1.12. The van der Waals surface area contributed by atoms with Crippen molar-refractivity contribution in [3.63, 3.8) is 0 Å². The van der Waals surface area contributed by atoms with E-state index in [2.05, 4.69) is 33.9 Å². The molecule has 0 spiro atoms. The maximum Gasteiger partial charge on any atom is 0.194 e. The normalized spacial score (nSPS) is 20.1. The Morgan fingerprint density at radius 3 is 2.58 bits per heavy atom. The number of ether oxygens (including phenoxy) is 1. The van der Waals surface area contributed by atoms with Crippen LogP contribution >= 0.6 is 24.0 Å². The van der Waals surface area contributed by atoms with E-state index in [-0.39, 0.29) is 29.8 Å². The van der Waals surface area contributed by atoms with E-state index < -0.39 is 0 Å². The second-order valence-corrected chi connectivity index (χ2v) is 8.14. The van der Waals surface area contributed by atoms with Gasteiger partial charge in [0.05, 0.1) is 18.8 Å². The molecule has 0 aliphatic carbocycles. The summed E-state index contributed by atoms with van der Waals surface area (Å²) in [5.41, 5.74) is 1.62. The quantitative estimate of drug-likeness (QED) is 0.307. The van der Waals surface area contributed by atoms with Crippen molar-refractivity contribution in [2.24, 2.45) is 10.9 Å². The zero-order valence-corrected chi connectivity index (χ0v) is 21.6. The number of nitrogens with one attached hydrogen (secondary N) is 1. The van der Waals surface area contributed by atoms with Gasteiger partial charge >= 0.3 is 0 Å². The molecule has 6 nitrogen and oxygen atoms in total. The van der Waals surface area contributed by atoms with E-state index in [1.807, 2.05) is 19.1 Å². The molecule has 8 heteroatoms. The van der Waals surface area contributed by atoms with E-state index in [0.29, 0.717) is 18.2 Å². The lowest BCUT2D eigenvalue weighted by atomic mass is 10.1. The van der Waals surface area contributed by atoms with Gasteiger partial charge in [-0.05, 0) is 44.5 Å². The Morgan fingerprint density at radius 2 is 1.94 bits per heavy atom. The van der Waals surface area contributed by atoms with Crippen molar-refractivity contribution in [1.29, 1.82) is 0 Å². The number of piperazine rings is 1. The first kappa shape index (κ1) is 26.1. The van der Waals surface area contributed by atoms with Gasteiger partial charge in [0, 0.05) is 58.3 Å². The molecule has 0 bridgehead atoms. The number of aliphatic imine (C=N–C) groups is 1. The van der Waals surface area contributed by atoms with Gasteiger partial charge in [0.25, 0.3) is 0 Å². The lowest BCUT2D eigenvalue weighted by Crippen LogP contribution is -2.46. The van der Waals surface area contributed by atoms with Crippen LogP contribution in [0.4, 0.5) is 10.1 Å². The van der Waals surface area contributed by atoms with Gasteiger partial charge in [-0.25, -0.2) is 9.38 Å². The van der Waals surface area contributed by atoms with Gasteiger partial charge in [-0.1, -0.05) is 13.0 Å². The molecule has 0 saturated carbocycles. The largest absolute Gasteiger partial charge is 0.381 e. The second-order valence-electron chi connectivity index (χ2n) is 8.14. The van der Waals surface area contributed by atoms with E-state index in [1.165, 1.54) is 0 Å². The van der Waals surface area contributed by atoms with Crippen LogP contribution in [0.5, 0.6) is 0 Å². The summed E-state index contributed by atoms with van der Waals surface area (Å²) in [7, 11) is 0. The lowest BCUT2D eigenvalue weighted by molar-refractivity contribution is 0.114. The number of guanidine groups is 1. The van der Waals surface area contributed by atoms with Crippen LogP contribution in [0.1, 0.15) is 32.8 Å². The van der Waals surface area contributed by atoms with Gasteiger partial charge in [0.15, 0.2) is 5.96 Å². The average Bonchev–Trinajstić information content (AvgIpc) is 3.24. The second kappa shape index (κ2) is 13.4. The Labute approximate surface area is 204 Å². The molecule has 2 heterocycles. The molecule has 176 valence electrons. The molecular formula is C23H39FIN5O. The van der Waals surface area contributed by atoms with Gasteiger partial charge in [0.1, 0.15) is 5.82 Å². The Hall–Kier alpha value is -1.13. The van der Waals surface area contributed by atoms with E-state index in [1.54, 1.807) is 6.07 Å². The summed E-state index contributed by atoms with van der Waals surface area (Å²) >= 11 is 0. The molecule has 3 rings (SSSR count). The van der Waals surface area contributed by atoms with Crippen LogP contribution in [0, 0.1) is 11.7 Å². The molecule has 1 atom stereocenters. The summed E-state index contributed by atoms with van der Waals surface area (Å²) in [6.45, 7) is 15.9. The van der Waals surface area contributed by atoms with Crippen molar-refractivity contribution < 1.29 is 9.13 Å². The number of rotatable bonds is 8. The molecule has 1 aromatic carbocycles.